The van der Waals surface area contributed by atoms with Crippen LogP contribution in [0.25, 0.3) is 0 Å². The lowest BCUT2D eigenvalue weighted by Gasteiger charge is -2.26. The number of amides is 1. The van der Waals surface area contributed by atoms with Crippen molar-refractivity contribution < 1.29 is 18.7 Å². The minimum atomic E-state index is -0.742. The van der Waals surface area contributed by atoms with E-state index in [0.717, 1.165) is 25.4 Å². The lowest BCUT2D eigenvalue weighted by Crippen LogP contribution is -2.33. The van der Waals surface area contributed by atoms with Crippen LogP contribution in [0.3, 0.4) is 0 Å². The molecule has 2 aromatic carbocycles. The number of benzene rings is 2. The number of rotatable bonds is 6. The lowest BCUT2D eigenvalue weighted by atomic mass is 10.1. The minimum absolute atomic E-state index is 0.0789. The highest BCUT2D eigenvalue weighted by Crippen LogP contribution is 2.19. The van der Waals surface area contributed by atoms with E-state index in [1.165, 1.54) is 31.4 Å². The second kappa shape index (κ2) is 9.20. The van der Waals surface area contributed by atoms with Gasteiger partial charge in [-0.05, 0) is 62.3 Å². The van der Waals surface area contributed by atoms with Crippen molar-refractivity contribution in [2.75, 3.05) is 31.6 Å². The number of anilines is 1. The van der Waals surface area contributed by atoms with E-state index in [0.29, 0.717) is 12.4 Å². The van der Waals surface area contributed by atoms with Crippen LogP contribution in [0.5, 0.6) is 11.5 Å². The topological polar surface area (TPSA) is 50.8 Å². The van der Waals surface area contributed by atoms with Gasteiger partial charge in [0, 0.05) is 6.54 Å². The number of hydrogen-bond acceptors (Lipinski definition) is 4. The molecule has 1 saturated heterocycles. The number of carbonyl (C=O) groups is 1. The van der Waals surface area contributed by atoms with Crippen molar-refractivity contribution in [2.45, 2.75) is 19.3 Å². The molecule has 0 aromatic heterocycles. The Hall–Kier alpha value is -2.60. The summed E-state index contributed by atoms with van der Waals surface area (Å²) in [5.41, 5.74) is 0.0789. The normalized spacial score (nSPS) is 14.7. The number of nitrogens with zero attached hydrogens (tertiary/aromatic N) is 1. The third-order valence-corrected chi connectivity index (χ3v) is 4.27. The third kappa shape index (κ3) is 5.46. The van der Waals surface area contributed by atoms with Crippen LogP contribution in [0.15, 0.2) is 48.5 Å². The van der Waals surface area contributed by atoms with Crippen LogP contribution < -0.4 is 14.8 Å². The van der Waals surface area contributed by atoms with E-state index in [1.807, 2.05) is 0 Å². The number of carbonyl (C=O) groups excluding carboxylic acids is 1. The Morgan fingerprint density at radius 3 is 2.42 bits per heavy atom. The summed E-state index contributed by atoms with van der Waals surface area (Å²) in [4.78, 5) is 14.2. The predicted octanol–water partition coefficient (Wildman–Crippen LogP) is 4.30. The zero-order chi connectivity index (χ0) is 18.2. The summed E-state index contributed by atoms with van der Waals surface area (Å²) in [6.45, 7) is 3.85. The van der Waals surface area contributed by atoms with Gasteiger partial charge in [0.25, 0.3) is 0 Å². The molecule has 1 amide bonds. The standard InChI is InChI=1S/C20H23FN2O3/c21-18-6-2-3-7-19(18)22-20(24)26-17-10-8-16(9-11-17)25-15-14-23-12-4-1-5-13-23/h2-3,6-11H,1,4-5,12-15H2,(H,22,24). The molecule has 26 heavy (non-hydrogen) atoms. The molecular weight excluding hydrogens is 335 g/mol. The summed E-state index contributed by atoms with van der Waals surface area (Å²) in [7, 11) is 0. The van der Waals surface area contributed by atoms with Gasteiger partial charge in [-0.25, -0.2) is 9.18 Å². The molecule has 0 saturated carbocycles. The average molecular weight is 358 g/mol. The fourth-order valence-electron chi connectivity index (χ4n) is 2.88. The Balaban J connectivity index is 1.43. The number of ether oxygens (including phenoxy) is 2. The van der Waals surface area contributed by atoms with Crippen molar-refractivity contribution in [2.24, 2.45) is 0 Å². The average Bonchev–Trinajstić information content (AvgIpc) is 2.66. The molecule has 1 fully saturated rings. The van der Waals surface area contributed by atoms with Crippen molar-refractivity contribution in [1.82, 2.24) is 4.90 Å². The van der Waals surface area contributed by atoms with Crippen molar-refractivity contribution in [3.63, 3.8) is 0 Å². The summed E-state index contributed by atoms with van der Waals surface area (Å²) < 4.78 is 24.4. The zero-order valence-corrected chi connectivity index (χ0v) is 14.6. The third-order valence-electron chi connectivity index (χ3n) is 4.27. The first-order valence-electron chi connectivity index (χ1n) is 8.89. The second-order valence-corrected chi connectivity index (χ2v) is 6.22. The molecule has 138 valence electrons. The zero-order valence-electron chi connectivity index (χ0n) is 14.6. The van der Waals surface area contributed by atoms with Gasteiger partial charge >= 0.3 is 6.09 Å². The highest BCUT2D eigenvalue weighted by molar-refractivity contribution is 5.86. The van der Waals surface area contributed by atoms with Gasteiger partial charge in [-0.1, -0.05) is 18.6 Å². The fourth-order valence-corrected chi connectivity index (χ4v) is 2.88. The molecule has 0 aliphatic carbocycles. The predicted molar refractivity (Wildman–Crippen MR) is 98.3 cm³/mol. The fraction of sp³-hybridized carbons (Fsp3) is 0.350. The number of halogens is 1. The van der Waals surface area contributed by atoms with Crippen LogP contribution in [0.1, 0.15) is 19.3 Å². The van der Waals surface area contributed by atoms with Crippen molar-refractivity contribution >= 4 is 11.8 Å². The van der Waals surface area contributed by atoms with E-state index in [1.54, 1.807) is 36.4 Å². The molecule has 0 spiro atoms. The summed E-state index contributed by atoms with van der Waals surface area (Å²) in [6.07, 6.45) is 3.11. The van der Waals surface area contributed by atoms with E-state index in [-0.39, 0.29) is 5.69 Å². The highest BCUT2D eigenvalue weighted by atomic mass is 19.1. The smallest absolute Gasteiger partial charge is 0.417 e. The Labute approximate surface area is 152 Å². The van der Waals surface area contributed by atoms with Crippen LogP contribution >= 0.6 is 0 Å². The largest absolute Gasteiger partial charge is 0.492 e. The maximum atomic E-state index is 13.5. The van der Waals surface area contributed by atoms with Gasteiger partial charge in [0.15, 0.2) is 0 Å². The van der Waals surface area contributed by atoms with E-state index < -0.39 is 11.9 Å². The van der Waals surface area contributed by atoms with E-state index in [4.69, 9.17) is 9.47 Å². The van der Waals surface area contributed by atoms with Gasteiger partial charge in [-0.15, -0.1) is 0 Å². The Kier molecular flexibility index (Phi) is 6.44. The number of nitrogens with one attached hydrogen (secondary N) is 1. The maximum absolute atomic E-state index is 13.5. The quantitative estimate of drug-likeness (QED) is 0.836. The Morgan fingerprint density at radius 1 is 1.00 bits per heavy atom. The second-order valence-electron chi connectivity index (χ2n) is 6.22. The molecule has 0 atom stereocenters. The summed E-state index contributed by atoms with van der Waals surface area (Å²) >= 11 is 0. The summed E-state index contributed by atoms with van der Waals surface area (Å²) in [5, 5.41) is 2.37. The number of para-hydroxylation sites is 1. The minimum Gasteiger partial charge on any atom is -0.492 e. The van der Waals surface area contributed by atoms with Crippen LogP contribution in [0, 0.1) is 5.82 Å². The van der Waals surface area contributed by atoms with Crippen LogP contribution in [0.2, 0.25) is 0 Å². The molecule has 6 heteroatoms. The van der Waals surface area contributed by atoms with Gasteiger partial charge in [-0.2, -0.15) is 0 Å². The van der Waals surface area contributed by atoms with Gasteiger partial charge in [0.2, 0.25) is 0 Å². The molecule has 1 heterocycles. The first-order valence-corrected chi connectivity index (χ1v) is 8.89. The van der Waals surface area contributed by atoms with Crippen molar-refractivity contribution in [1.29, 1.82) is 0 Å². The van der Waals surface area contributed by atoms with Gasteiger partial charge < -0.3 is 9.47 Å². The molecule has 0 bridgehead atoms. The van der Waals surface area contributed by atoms with E-state index in [2.05, 4.69) is 10.2 Å². The first kappa shape index (κ1) is 18.2. The molecule has 1 N–H and O–H groups in total. The highest BCUT2D eigenvalue weighted by Gasteiger charge is 2.10. The molecule has 3 rings (SSSR count). The van der Waals surface area contributed by atoms with Gasteiger partial charge in [-0.3, -0.25) is 10.2 Å². The van der Waals surface area contributed by atoms with Gasteiger partial charge in [0.05, 0.1) is 5.69 Å². The van der Waals surface area contributed by atoms with Crippen LogP contribution in [-0.4, -0.2) is 37.2 Å². The Bertz CT molecular complexity index is 715. The number of hydrogen-bond donors (Lipinski definition) is 1. The first-order chi connectivity index (χ1) is 12.7. The molecule has 1 aliphatic rings. The van der Waals surface area contributed by atoms with Crippen molar-refractivity contribution in [3.8, 4) is 11.5 Å². The number of likely N-dealkylation sites (tertiary alicyclic amines) is 1. The summed E-state index contributed by atoms with van der Waals surface area (Å²) in [5.74, 6) is 0.577. The molecular formula is C20H23FN2O3. The number of piperidine rings is 1. The Morgan fingerprint density at radius 2 is 1.69 bits per heavy atom. The molecule has 0 radical (unpaired) electrons. The van der Waals surface area contributed by atoms with Crippen LogP contribution in [-0.2, 0) is 0 Å². The van der Waals surface area contributed by atoms with Crippen LogP contribution in [0.4, 0.5) is 14.9 Å². The molecule has 0 unspecified atom stereocenters. The lowest BCUT2D eigenvalue weighted by molar-refractivity contribution is 0.183. The van der Waals surface area contributed by atoms with E-state index in [9.17, 15) is 9.18 Å². The maximum Gasteiger partial charge on any atom is 0.417 e. The molecule has 1 aliphatic heterocycles. The van der Waals surface area contributed by atoms with E-state index >= 15 is 0 Å². The van der Waals surface area contributed by atoms with Crippen molar-refractivity contribution in [3.05, 3.63) is 54.3 Å². The summed E-state index contributed by atoms with van der Waals surface area (Å²) in [6, 6.07) is 12.7. The molecule has 2 aromatic rings. The monoisotopic (exact) mass is 358 g/mol. The van der Waals surface area contributed by atoms with Gasteiger partial charge in [0.1, 0.15) is 23.9 Å². The molecule has 5 nitrogen and oxygen atoms in total. The SMILES string of the molecule is O=C(Nc1ccccc1F)Oc1ccc(OCCN2CCCCC2)cc1.